The summed E-state index contributed by atoms with van der Waals surface area (Å²) in [5.74, 6) is 3.03. The topological polar surface area (TPSA) is 26.3 Å². The molecule has 0 aliphatic heterocycles. The first kappa shape index (κ1) is 18.0. The molecule has 0 aromatic heterocycles. The molecule has 0 amide bonds. The summed E-state index contributed by atoms with van der Waals surface area (Å²) in [6, 6.07) is 0. The molecule has 24 heavy (non-hydrogen) atoms. The van der Waals surface area contributed by atoms with Gasteiger partial charge in [0.25, 0.3) is 0 Å². The van der Waals surface area contributed by atoms with Crippen LogP contribution in [0.2, 0.25) is 0 Å². The Labute approximate surface area is 148 Å². The van der Waals surface area contributed by atoms with Crippen LogP contribution in [0.25, 0.3) is 0 Å². The third kappa shape index (κ3) is 4.86. The van der Waals surface area contributed by atoms with E-state index in [-0.39, 0.29) is 18.0 Å². The first-order valence-corrected chi connectivity index (χ1v) is 10.6. The normalized spacial score (nSPS) is 35.3. The van der Waals surface area contributed by atoms with Crippen molar-refractivity contribution in [2.45, 2.75) is 96.0 Å². The highest BCUT2D eigenvalue weighted by atomic mass is 16.5. The maximum Gasteiger partial charge on any atom is 0.309 e. The molecule has 136 valence electrons. The van der Waals surface area contributed by atoms with E-state index in [0.717, 1.165) is 43.4 Å². The summed E-state index contributed by atoms with van der Waals surface area (Å²) in [5.41, 5.74) is 0. The van der Waals surface area contributed by atoms with E-state index < -0.39 is 0 Å². The first-order chi connectivity index (χ1) is 11.8. The Kier molecular flexibility index (Phi) is 6.80. The fraction of sp³-hybridized carbons (Fsp3) is 0.864. The van der Waals surface area contributed by atoms with Gasteiger partial charge in [0.05, 0.1) is 5.92 Å². The zero-order valence-corrected chi connectivity index (χ0v) is 15.4. The van der Waals surface area contributed by atoms with E-state index in [1.165, 1.54) is 64.2 Å². The molecule has 2 heteroatoms. The second-order valence-electron chi connectivity index (χ2n) is 8.61. The molecule has 0 atom stereocenters. The van der Waals surface area contributed by atoms with Crippen molar-refractivity contribution < 1.29 is 9.53 Å². The van der Waals surface area contributed by atoms with Gasteiger partial charge in [-0.2, -0.15) is 0 Å². The first-order valence-electron chi connectivity index (χ1n) is 10.6. The summed E-state index contributed by atoms with van der Waals surface area (Å²) in [4.78, 5) is 12.3. The molecule has 3 saturated carbocycles. The molecule has 0 unspecified atom stereocenters. The summed E-state index contributed by atoms with van der Waals surface area (Å²) in [5, 5.41) is 0. The van der Waals surface area contributed by atoms with Crippen LogP contribution in [-0.2, 0) is 9.53 Å². The molecule has 0 spiro atoms. The molecule has 0 aromatic carbocycles. The van der Waals surface area contributed by atoms with Gasteiger partial charge in [0.2, 0.25) is 0 Å². The summed E-state index contributed by atoms with van der Waals surface area (Å²) in [6.07, 6.45) is 19.7. The minimum absolute atomic E-state index is 0.114. The van der Waals surface area contributed by atoms with Crippen LogP contribution in [-0.4, -0.2) is 12.1 Å². The minimum Gasteiger partial charge on any atom is -0.462 e. The molecule has 0 heterocycles. The Balaban J connectivity index is 1.36. The maximum atomic E-state index is 12.3. The number of carbonyl (C=O) groups excluding carboxylic acids is 1. The van der Waals surface area contributed by atoms with Gasteiger partial charge in [0.1, 0.15) is 6.10 Å². The zero-order chi connectivity index (χ0) is 16.8. The van der Waals surface area contributed by atoms with Crippen molar-refractivity contribution >= 4 is 5.97 Å². The molecular formula is C22H36O2. The third-order valence-electron chi connectivity index (χ3n) is 7.00. The Morgan fingerprint density at radius 3 is 2.00 bits per heavy atom. The number of carbonyl (C=O) groups is 1. The van der Waals surface area contributed by atoms with Crippen molar-refractivity contribution in [2.75, 3.05) is 0 Å². The molecule has 0 saturated heterocycles. The summed E-state index contributed by atoms with van der Waals surface area (Å²) in [7, 11) is 0. The zero-order valence-electron chi connectivity index (χ0n) is 15.4. The molecule has 0 bridgehead atoms. The van der Waals surface area contributed by atoms with Crippen LogP contribution < -0.4 is 0 Å². The lowest BCUT2D eigenvalue weighted by Gasteiger charge is -2.37. The van der Waals surface area contributed by atoms with Crippen LogP contribution in [0.15, 0.2) is 12.7 Å². The molecule has 0 radical (unpaired) electrons. The predicted molar refractivity (Wildman–Crippen MR) is 98.7 cm³/mol. The van der Waals surface area contributed by atoms with E-state index in [9.17, 15) is 4.79 Å². The van der Waals surface area contributed by atoms with Crippen LogP contribution in [0, 0.1) is 23.7 Å². The number of hydrogen-bond acceptors (Lipinski definition) is 2. The Morgan fingerprint density at radius 2 is 1.42 bits per heavy atom. The molecular weight excluding hydrogens is 296 g/mol. The number of hydrogen-bond donors (Lipinski definition) is 0. The molecule has 0 aromatic rings. The lowest BCUT2D eigenvalue weighted by Crippen LogP contribution is -2.31. The Hall–Kier alpha value is -0.790. The molecule has 0 N–H and O–H groups in total. The van der Waals surface area contributed by atoms with Crippen LogP contribution >= 0.6 is 0 Å². The summed E-state index contributed by atoms with van der Waals surface area (Å²) >= 11 is 0. The number of esters is 1. The Morgan fingerprint density at radius 1 is 0.833 bits per heavy atom. The fourth-order valence-electron chi connectivity index (χ4n) is 5.41. The van der Waals surface area contributed by atoms with E-state index in [1.54, 1.807) is 0 Å². The van der Waals surface area contributed by atoms with Crippen molar-refractivity contribution in [3.63, 3.8) is 0 Å². The summed E-state index contributed by atoms with van der Waals surface area (Å²) < 4.78 is 5.87. The smallest absolute Gasteiger partial charge is 0.309 e. The quantitative estimate of drug-likeness (QED) is 0.452. The van der Waals surface area contributed by atoms with Gasteiger partial charge < -0.3 is 4.74 Å². The van der Waals surface area contributed by atoms with E-state index in [0.29, 0.717) is 0 Å². The highest BCUT2D eigenvalue weighted by molar-refractivity contribution is 5.72. The van der Waals surface area contributed by atoms with Crippen LogP contribution in [0.1, 0.15) is 89.9 Å². The van der Waals surface area contributed by atoms with E-state index in [1.807, 2.05) is 0 Å². The predicted octanol–water partition coefficient (Wildman–Crippen LogP) is 6.05. The molecule has 3 fully saturated rings. The van der Waals surface area contributed by atoms with Gasteiger partial charge in [-0.3, -0.25) is 4.79 Å². The van der Waals surface area contributed by atoms with E-state index in [2.05, 4.69) is 12.7 Å². The summed E-state index contributed by atoms with van der Waals surface area (Å²) in [6.45, 7) is 3.89. The van der Waals surface area contributed by atoms with Crippen molar-refractivity contribution in [1.82, 2.24) is 0 Å². The van der Waals surface area contributed by atoms with Crippen molar-refractivity contribution in [2.24, 2.45) is 23.7 Å². The van der Waals surface area contributed by atoms with Gasteiger partial charge in [0, 0.05) is 0 Å². The average Bonchev–Trinajstić information content (AvgIpc) is 2.64. The number of rotatable bonds is 5. The molecule has 3 aliphatic rings. The number of allylic oxidation sites excluding steroid dienone is 1. The van der Waals surface area contributed by atoms with Gasteiger partial charge in [-0.25, -0.2) is 0 Å². The molecule has 2 nitrogen and oxygen atoms in total. The molecule has 3 rings (SSSR count). The van der Waals surface area contributed by atoms with Gasteiger partial charge >= 0.3 is 5.97 Å². The highest BCUT2D eigenvalue weighted by Crippen LogP contribution is 2.41. The van der Waals surface area contributed by atoms with Gasteiger partial charge in [-0.15, -0.1) is 6.58 Å². The fourth-order valence-corrected chi connectivity index (χ4v) is 5.41. The second kappa shape index (κ2) is 9.06. The third-order valence-corrected chi connectivity index (χ3v) is 7.00. The van der Waals surface area contributed by atoms with E-state index >= 15 is 0 Å². The molecule has 3 aliphatic carbocycles. The van der Waals surface area contributed by atoms with Gasteiger partial charge in [-0.1, -0.05) is 25.3 Å². The second-order valence-corrected chi connectivity index (χ2v) is 8.61. The van der Waals surface area contributed by atoms with Gasteiger partial charge in [-0.05, 0) is 88.4 Å². The SMILES string of the molecule is C=CC[C@H]1CC[C@H]([C@H]2CC[C@H](OC(=O)C3CCCCC3)CC2)CC1. The van der Waals surface area contributed by atoms with Crippen LogP contribution in [0.3, 0.4) is 0 Å². The monoisotopic (exact) mass is 332 g/mol. The largest absolute Gasteiger partial charge is 0.462 e. The van der Waals surface area contributed by atoms with E-state index in [4.69, 9.17) is 4.74 Å². The van der Waals surface area contributed by atoms with Crippen LogP contribution in [0.4, 0.5) is 0 Å². The van der Waals surface area contributed by atoms with Crippen LogP contribution in [0.5, 0.6) is 0 Å². The minimum atomic E-state index is 0.114. The highest BCUT2D eigenvalue weighted by Gasteiger charge is 2.32. The average molecular weight is 333 g/mol. The van der Waals surface area contributed by atoms with Crippen molar-refractivity contribution in [3.8, 4) is 0 Å². The van der Waals surface area contributed by atoms with Crippen molar-refractivity contribution in [3.05, 3.63) is 12.7 Å². The lowest BCUT2D eigenvalue weighted by atomic mass is 9.70. The Bertz CT molecular complexity index is 394. The lowest BCUT2D eigenvalue weighted by molar-refractivity contribution is -0.157. The van der Waals surface area contributed by atoms with Gasteiger partial charge in [0.15, 0.2) is 0 Å². The van der Waals surface area contributed by atoms with Crippen molar-refractivity contribution in [1.29, 1.82) is 0 Å². The standard InChI is InChI=1S/C22H36O2/c1-2-6-17-9-11-18(12-10-17)19-13-15-21(16-14-19)24-22(23)20-7-4-3-5-8-20/h2,17-21H,1,3-16H2/t17-,18-,19-,21-. The number of ether oxygens (including phenoxy) is 1. The maximum absolute atomic E-state index is 12.3.